The Morgan fingerprint density at radius 3 is 2.14 bits per heavy atom. The maximum atomic E-state index is 12.5. The Hall–Kier alpha value is -3.90. The van der Waals surface area contributed by atoms with Gasteiger partial charge in [-0.2, -0.15) is 16.8 Å². The van der Waals surface area contributed by atoms with Gasteiger partial charge in [-0.05, 0) is 18.2 Å². The van der Waals surface area contributed by atoms with E-state index in [1.165, 1.54) is 0 Å². The van der Waals surface area contributed by atoms with Crippen molar-refractivity contribution < 1.29 is 55.3 Å². The summed E-state index contributed by atoms with van der Waals surface area (Å²) < 4.78 is 69.6. The molecule has 1 aromatic carbocycles. The fraction of sp³-hybridized carbons (Fsp3) is 0. The first-order valence-electron chi connectivity index (χ1n) is 8.89. The van der Waals surface area contributed by atoms with Gasteiger partial charge in [-0.25, -0.2) is 9.59 Å². The number of hydrogen-bond donors (Lipinski definition) is 5. The summed E-state index contributed by atoms with van der Waals surface area (Å²) in [5, 5.41) is 29.3. The van der Waals surface area contributed by atoms with Crippen molar-refractivity contribution in [1.29, 1.82) is 0 Å². The summed E-state index contributed by atoms with van der Waals surface area (Å²) in [6.07, 6.45) is 0. The van der Waals surface area contributed by atoms with E-state index < -0.39 is 74.4 Å². The number of phenolic OH excluding ortho intramolecular Hbond substituents is 1. The highest BCUT2D eigenvalue weighted by Gasteiger charge is 2.28. The highest BCUT2D eigenvalue weighted by atomic mass is 32.3. The van der Waals surface area contributed by atoms with Crippen LogP contribution in [0.5, 0.6) is 17.5 Å². The molecule has 0 aliphatic heterocycles. The molecule has 0 unspecified atom stereocenters. The molecule has 0 spiro atoms. The molecule has 0 saturated heterocycles. The second kappa shape index (κ2) is 8.10. The standard InChI is InChI=1S/C18H11NO13S3/c20-10-5-11-7(3-8(10)18(24)32-19-13(21)1-2-14(19)22)4-9(17(23)31-11)16-12(34(25,26)27)6-15(33-16)35(28,29)30/h1-6,20-22H,(H,25,26,27)(H,28,29,30). The molecular formula is C18H11NO13S3. The fourth-order valence-corrected chi connectivity index (χ4v) is 5.89. The van der Waals surface area contributed by atoms with Crippen molar-refractivity contribution in [1.82, 2.24) is 4.73 Å². The van der Waals surface area contributed by atoms with E-state index in [0.717, 1.165) is 30.3 Å². The van der Waals surface area contributed by atoms with Crippen LogP contribution < -0.4 is 10.5 Å². The molecule has 0 aliphatic rings. The van der Waals surface area contributed by atoms with Gasteiger partial charge < -0.3 is 24.6 Å². The lowest BCUT2D eigenvalue weighted by molar-refractivity contribution is 0.0378. The van der Waals surface area contributed by atoms with Crippen LogP contribution in [0.1, 0.15) is 10.4 Å². The van der Waals surface area contributed by atoms with Crippen molar-refractivity contribution >= 4 is 48.5 Å². The predicted molar refractivity (Wildman–Crippen MR) is 116 cm³/mol. The summed E-state index contributed by atoms with van der Waals surface area (Å²) in [7, 11) is -9.98. The Morgan fingerprint density at radius 1 is 0.943 bits per heavy atom. The summed E-state index contributed by atoms with van der Waals surface area (Å²) in [6.45, 7) is 0. The Labute approximate surface area is 197 Å². The first-order valence-corrected chi connectivity index (χ1v) is 12.6. The minimum Gasteiger partial charge on any atom is -0.507 e. The minimum atomic E-state index is -5.07. The van der Waals surface area contributed by atoms with Crippen LogP contribution in [0.4, 0.5) is 0 Å². The maximum absolute atomic E-state index is 12.5. The summed E-state index contributed by atoms with van der Waals surface area (Å²) in [5.41, 5.74) is -2.58. The molecule has 0 aliphatic carbocycles. The van der Waals surface area contributed by atoms with Crippen LogP contribution in [0, 0.1) is 0 Å². The van der Waals surface area contributed by atoms with Gasteiger partial charge in [0.05, 0.1) is 10.4 Å². The second-order valence-electron chi connectivity index (χ2n) is 6.79. The Balaban J connectivity index is 1.89. The van der Waals surface area contributed by atoms with Crippen molar-refractivity contribution in [3.05, 3.63) is 52.4 Å². The number of aromatic hydroxyl groups is 3. The van der Waals surface area contributed by atoms with E-state index in [0.29, 0.717) is 10.8 Å². The van der Waals surface area contributed by atoms with Crippen LogP contribution >= 0.6 is 11.3 Å². The molecule has 17 heteroatoms. The first kappa shape index (κ1) is 24.2. The molecule has 0 saturated carbocycles. The predicted octanol–water partition coefficient (Wildman–Crippen LogP) is 1.20. The number of fused-ring (bicyclic) bond motifs is 1. The fourth-order valence-electron chi connectivity index (χ4n) is 2.96. The van der Waals surface area contributed by atoms with Crippen molar-refractivity contribution in [2.24, 2.45) is 0 Å². The van der Waals surface area contributed by atoms with Gasteiger partial charge in [-0.1, -0.05) is 0 Å². The van der Waals surface area contributed by atoms with Crippen LogP contribution in [0.25, 0.3) is 21.4 Å². The molecule has 184 valence electrons. The van der Waals surface area contributed by atoms with Gasteiger partial charge in [-0.3, -0.25) is 9.11 Å². The van der Waals surface area contributed by atoms with Crippen LogP contribution in [0.15, 0.2) is 54.7 Å². The van der Waals surface area contributed by atoms with Gasteiger partial charge in [0, 0.05) is 23.6 Å². The van der Waals surface area contributed by atoms with E-state index in [4.69, 9.17) is 9.25 Å². The first-order chi connectivity index (χ1) is 16.2. The zero-order chi connectivity index (χ0) is 25.9. The quantitative estimate of drug-likeness (QED) is 0.175. The molecule has 35 heavy (non-hydrogen) atoms. The van der Waals surface area contributed by atoms with E-state index in [-0.39, 0.29) is 22.3 Å². The average molecular weight is 545 g/mol. The van der Waals surface area contributed by atoms with E-state index in [9.17, 15) is 50.8 Å². The lowest BCUT2D eigenvalue weighted by atomic mass is 10.1. The normalized spacial score (nSPS) is 12.2. The number of carbonyl (C=O) groups excluding carboxylic acids is 1. The summed E-state index contributed by atoms with van der Waals surface area (Å²) in [5.74, 6) is -3.29. The van der Waals surface area contributed by atoms with E-state index in [1.807, 2.05) is 0 Å². The van der Waals surface area contributed by atoms with Crippen molar-refractivity contribution in [3.63, 3.8) is 0 Å². The second-order valence-corrected chi connectivity index (χ2v) is 10.9. The number of rotatable bonds is 5. The number of hydrogen-bond acceptors (Lipinski definition) is 12. The third-order valence-corrected chi connectivity index (χ3v) is 7.97. The highest BCUT2D eigenvalue weighted by molar-refractivity contribution is 7.89. The van der Waals surface area contributed by atoms with Crippen LogP contribution in [0.2, 0.25) is 0 Å². The Kier molecular flexibility index (Phi) is 5.61. The van der Waals surface area contributed by atoms with Gasteiger partial charge in [-0.15, -0.1) is 16.1 Å². The largest absolute Gasteiger partial charge is 0.507 e. The third kappa shape index (κ3) is 4.45. The SMILES string of the molecule is O=C(On1c(O)ccc1O)c1cc2cc(-c3sc(S(=O)(=O)O)cc3S(=O)(=O)O)c(=O)oc2cc1O. The van der Waals surface area contributed by atoms with Crippen LogP contribution in [0.3, 0.4) is 0 Å². The van der Waals surface area contributed by atoms with Gasteiger partial charge in [0.25, 0.3) is 10.1 Å². The molecule has 0 fully saturated rings. The van der Waals surface area contributed by atoms with Gasteiger partial charge in [0.1, 0.15) is 26.0 Å². The zero-order valence-corrected chi connectivity index (χ0v) is 19.1. The molecule has 4 rings (SSSR count). The highest BCUT2D eigenvalue weighted by Crippen LogP contribution is 2.38. The molecular weight excluding hydrogens is 534 g/mol. The van der Waals surface area contributed by atoms with Crippen molar-refractivity contribution in [2.45, 2.75) is 9.10 Å². The van der Waals surface area contributed by atoms with Gasteiger partial charge in [0.2, 0.25) is 11.8 Å². The molecule has 14 nitrogen and oxygen atoms in total. The number of benzene rings is 1. The smallest absolute Gasteiger partial charge is 0.367 e. The molecule has 3 heterocycles. The van der Waals surface area contributed by atoms with Gasteiger partial charge >= 0.3 is 21.7 Å². The molecule has 5 N–H and O–H groups in total. The number of thiophene rings is 1. The average Bonchev–Trinajstić information content (AvgIpc) is 3.32. The van der Waals surface area contributed by atoms with E-state index in [2.05, 4.69) is 0 Å². The maximum Gasteiger partial charge on any atom is 0.367 e. The topological polar surface area (TPSA) is 231 Å². The molecule has 0 atom stereocenters. The number of phenols is 1. The zero-order valence-electron chi connectivity index (χ0n) is 16.6. The number of carbonyl (C=O) groups is 1. The lowest BCUT2D eigenvalue weighted by Gasteiger charge is -2.09. The molecule has 0 bridgehead atoms. The molecule has 0 radical (unpaired) electrons. The Morgan fingerprint density at radius 2 is 1.57 bits per heavy atom. The summed E-state index contributed by atoms with van der Waals surface area (Å²) >= 11 is 0.152. The summed E-state index contributed by atoms with van der Waals surface area (Å²) in [4.78, 5) is 28.2. The van der Waals surface area contributed by atoms with E-state index >= 15 is 0 Å². The molecule has 4 aromatic rings. The number of aromatic nitrogens is 1. The number of nitrogens with zero attached hydrogens (tertiary/aromatic N) is 1. The Bertz CT molecular complexity index is 1770. The monoisotopic (exact) mass is 545 g/mol. The van der Waals surface area contributed by atoms with Crippen LogP contribution in [-0.4, -0.2) is 52.0 Å². The molecule has 0 amide bonds. The lowest BCUT2D eigenvalue weighted by Crippen LogP contribution is -2.19. The van der Waals surface area contributed by atoms with Crippen LogP contribution in [-0.2, 0) is 20.2 Å². The summed E-state index contributed by atoms with van der Waals surface area (Å²) in [6, 6.07) is 5.27. The van der Waals surface area contributed by atoms with Gasteiger partial charge in [0.15, 0.2) is 0 Å². The van der Waals surface area contributed by atoms with Crippen molar-refractivity contribution in [2.75, 3.05) is 0 Å². The van der Waals surface area contributed by atoms with Crippen molar-refractivity contribution in [3.8, 4) is 28.0 Å². The van der Waals surface area contributed by atoms with E-state index in [1.54, 1.807) is 0 Å². The molecule has 3 aromatic heterocycles. The third-order valence-electron chi connectivity index (χ3n) is 4.49. The minimum absolute atomic E-state index is 0.0895.